The molecule has 2 heterocycles. The van der Waals surface area contributed by atoms with E-state index < -0.39 is 0 Å². The molecule has 0 spiro atoms. The van der Waals surface area contributed by atoms with Crippen LogP contribution in [0.15, 0.2) is 30.0 Å². The van der Waals surface area contributed by atoms with Crippen molar-refractivity contribution in [2.75, 3.05) is 44.2 Å². The maximum Gasteiger partial charge on any atom is 0.409 e. The first-order valence-electron chi connectivity index (χ1n) is 10.3. The Bertz CT molecular complexity index is 694. The second-order valence-electron chi connectivity index (χ2n) is 7.19. The summed E-state index contributed by atoms with van der Waals surface area (Å²) >= 11 is 0. The molecular weight excluding hydrogens is 356 g/mol. The van der Waals surface area contributed by atoms with Crippen LogP contribution in [0.4, 0.5) is 10.6 Å². The SMILES string of the molecule is CCOC(=O)N1CCN(c2ccc(C(=O)NCCC3=CCCCC3)cn2)CC1. The molecule has 1 aliphatic carbocycles. The minimum atomic E-state index is -0.258. The van der Waals surface area contributed by atoms with Gasteiger partial charge in [0, 0.05) is 38.9 Å². The van der Waals surface area contributed by atoms with Gasteiger partial charge in [0.25, 0.3) is 5.91 Å². The summed E-state index contributed by atoms with van der Waals surface area (Å²) in [4.78, 5) is 32.4. The van der Waals surface area contributed by atoms with Gasteiger partial charge in [-0.1, -0.05) is 11.6 Å². The van der Waals surface area contributed by atoms with Gasteiger partial charge in [-0.25, -0.2) is 9.78 Å². The van der Waals surface area contributed by atoms with Gasteiger partial charge in [0.15, 0.2) is 0 Å². The Kier molecular flexibility index (Phi) is 7.28. The molecule has 1 saturated heterocycles. The molecule has 7 nitrogen and oxygen atoms in total. The van der Waals surface area contributed by atoms with Crippen molar-refractivity contribution < 1.29 is 14.3 Å². The lowest BCUT2D eigenvalue weighted by Crippen LogP contribution is -2.49. The number of carbonyl (C=O) groups is 2. The third-order valence-electron chi connectivity index (χ3n) is 5.26. The predicted molar refractivity (Wildman–Crippen MR) is 109 cm³/mol. The van der Waals surface area contributed by atoms with Crippen LogP contribution in [0.25, 0.3) is 0 Å². The summed E-state index contributed by atoms with van der Waals surface area (Å²) in [6.45, 7) is 5.49. The number of pyridine rings is 1. The van der Waals surface area contributed by atoms with Crippen LogP contribution in [0.1, 0.15) is 49.4 Å². The van der Waals surface area contributed by atoms with Crippen molar-refractivity contribution in [1.82, 2.24) is 15.2 Å². The molecular formula is C21H30N4O3. The Morgan fingerprint density at radius 1 is 1.18 bits per heavy atom. The number of allylic oxidation sites excluding steroid dienone is 1. The number of carbonyl (C=O) groups excluding carboxylic acids is 2. The van der Waals surface area contributed by atoms with Crippen molar-refractivity contribution >= 4 is 17.8 Å². The van der Waals surface area contributed by atoms with Crippen LogP contribution in [0.2, 0.25) is 0 Å². The van der Waals surface area contributed by atoms with E-state index in [-0.39, 0.29) is 12.0 Å². The Morgan fingerprint density at radius 2 is 2.00 bits per heavy atom. The third-order valence-corrected chi connectivity index (χ3v) is 5.26. The topological polar surface area (TPSA) is 74.8 Å². The zero-order valence-electron chi connectivity index (χ0n) is 16.7. The quantitative estimate of drug-likeness (QED) is 0.761. The lowest BCUT2D eigenvalue weighted by Gasteiger charge is -2.34. The molecule has 0 unspecified atom stereocenters. The van der Waals surface area contributed by atoms with Crippen LogP contribution in [-0.4, -0.2) is 61.2 Å². The molecule has 28 heavy (non-hydrogen) atoms. The summed E-state index contributed by atoms with van der Waals surface area (Å²) in [6.07, 6.45) is 9.49. The first-order valence-corrected chi connectivity index (χ1v) is 10.3. The maximum atomic E-state index is 12.3. The molecule has 3 rings (SSSR count). The van der Waals surface area contributed by atoms with E-state index in [0.29, 0.717) is 44.9 Å². The second kappa shape index (κ2) is 10.1. The molecule has 0 saturated carbocycles. The smallest absolute Gasteiger partial charge is 0.409 e. The molecule has 0 aromatic carbocycles. The van der Waals surface area contributed by atoms with Crippen LogP contribution < -0.4 is 10.2 Å². The third kappa shape index (κ3) is 5.47. The van der Waals surface area contributed by atoms with Gasteiger partial charge in [-0.3, -0.25) is 4.79 Å². The summed E-state index contributed by atoms with van der Waals surface area (Å²) in [5.41, 5.74) is 2.04. The van der Waals surface area contributed by atoms with Crippen molar-refractivity contribution in [3.63, 3.8) is 0 Å². The van der Waals surface area contributed by atoms with E-state index in [4.69, 9.17) is 4.74 Å². The molecule has 0 atom stereocenters. The fourth-order valence-corrected chi connectivity index (χ4v) is 3.61. The van der Waals surface area contributed by atoms with Crippen LogP contribution in [0.5, 0.6) is 0 Å². The molecule has 1 aromatic rings. The molecule has 7 heteroatoms. The fraction of sp³-hybridized carbons (Fsp3) is 0.571. The number of anilines is 1. The molecule has 2 aliphatic rings. The van der Waals surface area contributed by atoms with Gasteiger partial charge in [-0.05, 0) is 51.2 Å². The highest BCUT2D eigenvalue weighted by atomic mass is 16.6. The zero-order valence-corrected chi connectivity index (χ0v) is 16.7. The largest absolute Gasteiger partial charge is 0.450 e. The van der Waals surface area contributed by atoms with E-state index in [1.807, 2.05) is 19.1 Å². The number of aromatic nitrogens is 1. The molecule has 1 aliphatic heterocycles. The first-order chi connectivity index (χ1) is 13.7. The van der Waals surface area contributed by atoms with Gasteiger partial charge in [-0.15, -0.1) is 0 Å². The van der Waals surface area contributed by atoms with Gasteiger partial charge in [-0.2, -0.15) is 0 Å². The van der Waals surface area contributed by atoms with Gasteiger partial charge < -0.3 is 19.9 Å². The number of hydrogen-bond donors (Lipinski definition) is 1. The summed E-state index contributed by atoms with van der Waals surface area (Å²) < 4.78 is 5.04. The summed E-state index contributed by atoms with van der Waals surface area (Å²) in [5, 5.41) is 2.98. The van der Waals surface area contributed by atoms with Crippen molar-refractivity contribution in [3.05, 3.63) is 35.5 Å². The number of nitrogens with zero attached hydrogens (tertiary/aromatic N) is 3. The zero-order chi connectivity index (χ0) is 19.8. The predicted octanol–water partition coefficient (Wildman–Crippen LogP) is 2.98. The molecule has 1 N–H and O–H groups in total. The highest BCUT2D eigenvalue weighted by Crippen LogP contribution is 2.19. The highest BCUT2D eigenvalue weighted by molar-refractivity contribution is 5.94. The van der Waals surface area contributed by atoms with E-state index in [2.05, 4.69) is 21.3 Å². The van der Waals surface area contributed by atoms with Crippen molar-refractivity contribution in [2.24, 2.45) is 0 Å². The van der Waals surface area contributed by atoms with Crippen LogP contribution in [-0.2, 0) is 4.74 Å². The Labute approximate surface area is 166 Å². The number of nitrogens with one attached hydrogen (secondary N) is 1. The number of amides is 2. The van der Waals surface area contributed by atoms with Crippen LogP contribution in [0, 0.1) is 0 Å². The first kappa shape index (κ1) is 20.2. The number of ether oxygens (including phenoxy) is 1. The minimum absolute atomic E-state index is 0.0809. The van der Waals surface area contributed by atoms with Crippen molar-refractivity contribution in [3.8, 4) is 0 Å². The van der Waals surface area contributed by atoms with E-state index in [0.717, 1.165) is 18.7 Å². The average molecular weight is 386 g/mol. The molecule has 0 bridgehead atoms. The van der Waals surface area contributed by atoms with Gasteiger partial charge in [0.05, 0.1) is 12.2 Å². The van der Waals surface area contributed by atoms with Gasteiger partial charge >= 0.3 is 6.09 Å². The standard InChI is InChI=1S/C21H30N4O3/c1-2-28-21(27)25-14-12-24(13-15-25)19-9-8-18(16-23-19)20(26)22-11-10-17-6-4-3-5-7-17/h6,8-9,16H,2-5,7,10-15H2,1H3,(H,22,26). The van der Waals surface area contributed by atoms with Crippen LogP contribution in [0.3, 0.4) is 0 Å². The second-order valence-corrected chi connectivity index (χ2v) is 7.19. The number of hydrogen-bond acceptors (Lipinski definition) is 5. The Morgan fingerprint density at radius 3 is 2.64 bits per heavy atom. The highest BCUT2D eigenvalue weighted by Gasteiger charge is 2.22. The summed E-state index contributed by atoms with van der Waals surface area (Å²) in [5.74, 6) is 0.745. The molecule has 152 valence electrons. The lowest BCUT2D eigenvalue weighted by atomic mass is 9.97. The van der Waals surface area contributed by atoms with E-state index in [9.17, 15) is 9.59 Å². The van der Waals surface area contributed by atoms with E-state index in [1.165, 1.54) is 24.8 Å². The number of piperazine rings is 1. The number of rotatable bonds is 6. The maximum absolute atomic E-state index is 12.3. The van der Waals surface area contributed by atoms with Crippen molar-refractivity contribution in [1.29, 1.82) is 0 Å². The molecule has 1 aromatic heterocycles. The summed E-state index contributed by atoms with van der Waals surface area (Å²) in [6, 6.07) is 3.69. The normalized spacial score (nSPS) is 17.1. The molecule has 1 fully saturated rings. The molecule has 2 amide bonds. The monoisotopic (exact) mass is 386 g/mol. The minimum Gasteiger partial charge on any atom is -0.450 e. The summed E-state index contributed by atoms with van der Waals surface area (Å²) in [7, 11) is 0. The Hall–Kier alpha value is -2.57. The van der Waals surface area contributed by atoms with E-state index in [1.54, 1.807) is 11.1 Å². The fourth-order valence-electron chi connectivity index (χ4n) is 3.61. The lowest BCUT2D eigenvalue weighted by molar-refractivity contribution is 0.0952. The van der Waals surface area contributed by atoms with E-state index >= 15 is 0 Å². The van der Waals surface area contributed by atoms with Crippen molar-refractivity contribution in [2.45, 2.75) is 39.0 Å². The average Bonchev–Trinajstić information content (AvgIpc) is 2.75. The van der Waals surface area contributed by atoms with Crippen LogP contribution >= 0.6 is 0 Å². The molecule has 0 radical (unpaired) electrons. The van der Waals surface area contributed by atoms with Gasteiger partial charge in [0.2, 0.25) is 0 Å². The van der Waals surface area contributed by atoms with Gasteiger partial charge in [0.1, 0.15) is 5.82 Å². The Balaban J connectivity index is 1.45.